The Hall–Kier alpha value is -1.59. The molecule has 0 bridgehead atoms. The molecule has 0 aliphatic carbocycles. The fourth-order valence-corrected chi connectivity index (χ4v) is 1.46. The molecule has 0 saturated heterocycles. The Bertz CT molecular complexity index is 423. The normalized spacial score (nSPS) is 9.82. The van der Waals surface area contributed by atoms with Gasteiger partial charge in [0.15, 0.2) is 0 Å². The molecule has 1 aromatic carbocycles. The third-order valence-corrected chi connectivity index (χ3v) is 2.35. The number of hydrogen-bond donors (Lipinski definition) is 1. The number of hydrogen-bond acceptors (Lipinski definition) is 4. The van der Waals surface area contributed by atoms with Crippen LogP contribution >= 0.6 is 11.6 Å². The Kier molecular flexibility index (Phi) is 4.93. The smallest absolute Gasteiger partial charge is 0.325 e. The van der Waals surface area contributed by atoms with Crippen molar-refractivity contribution in [3.8, 4) is 0 Å². The lowest BCUT2D eigenvalue weighted by atomic mass is 10.2. The number of halogens is 1. The van der Waals surface area contributed by atoms with Crippen LogP contribution in [-0.4, -0.2) is 32.1 Å². The third-order valence-electron chi connectivity index (χ3n) is 2.11. The molecule has 92 valence electrons. The summed E-state index contributed by atoms with van der Waals surface area (Å²) in [5.41, 5.74) is 5.80. The van der Waals surface area contributed by atoms with Crippen LogP contribution in [0.5, 0.6) is 0 Å². The summed E-state index contributed by atoms with van der Waals surface area (Å²) in [6, 6.07) is 6.61. The lowest BCUT2D eigenvalue weighted by Gasteiger charge is -2.20. The van der Waals surface area contributed by atoms with Gasteiger partial charge >= 0.3 is 5.97 Å². The van der Waals surface area contributed by atoms with E-state index in [0.29, 0.717) is 10.7 Å². The van der Waals surface area contributed by atoms with E-state index in [9.17, 15) is 9.59 Å². The minimum atomic E-state index is -0.522. The maximum atomic E-state index is 11.6. The van der Waals surface area contributed by atoms with Crippen molar-refractivity contribution in [2.45, 2.75) is 0 Å². The molecule has 0 unspecified atom stereocenters. The molecule has 0 spiro atoms. The summed E-state index contributed by atoms with van der Waals surface area (Å²) >= 11 is 5.82. The SMILES string of the molecule is COC(=O)CN(C(=O)CN)c1cccc(Cl)c1. The number of carbonyl (C=O) groups excluding carboxylic acids is 2. The van der Waals surface area contributed by atoms with Gasteiger partial charge in [0, 0.05) is 10.7 Å². The van der Waals surface area contributed by atoms with Crippen molar-refractivity contribution in [3.63, 3.8) is 0 Å². The number of carbonyl (C=O) groups is 2. The van der Waals surface area contributed by atoms with E-state index in [1.54, 1.807) is 24.3 Å². The van der Waals surface area contributed by atoms with Gasteiger partial charge in [-0.05, 0) is 18.2 Å². The van der Waals surface area contributed by atoms with Gasteiger partial charge in [0.2, 0.25) is 5.91 Å². The molecule has 1 rings (SSSR count). The summed E-state index contributed by atoms with van der Waals surface area (Å²) in [5.74, 6) is -0.899. The highest BCUT2D eigenvalue weighted by atomic mass is 35.5. The van der Waals surface area contributed by atoms with Crippen molar-refractivity contribution in [2.75, 3.05) is 25.1 Å². The zero-order valence-electron chi connectivity index (χ0n) is 9.35. The zero-order valence-corrected chi connectivity index (χ0v) is 10.1. The number of nitrogens with two attached hydrogens (primary N) is 1. The van der Waals surface area contributed by atoms with E-state index in [1.807, 2.05) is 0 Å². The van der Waals surface area contributed by atoms with E-state index in [2.05, 4.69) is 4.74 Å². The average molecular weight is 257 g/mol. The van der Waals surface area contributed by atoms with Crippen molar-refractivity contribution in [1.29, 1.82) is 0 Å². The second kappa shape index (κ2) is 6.22. The molecule has 0 aliphatic heterocycles. The number of rotatable bonds is 4. The minimum absolute atomic E-state index is 0.188. The summed E-state index contributed by atoms with van der Waals surface area (Å²) in [6.07, 6.45) is 0. The van der Waals surface area contributed by atoms with Gasteiger partial charge in [-0.25, -0.2) is 0 Å². The summed E-state index contributed by atoms with van der Waals surface area (Å²) in [4.78, 5) is 24.1. The van der Waals surface area contributed by atoms with Crippen LogP contribution in [0, 0.1) is 0 Å². The van der Waals surface area contributed by atoms with E-state index in [1.165, 1.54) is 12.0 Å². The largest absolute Gasteiger partial charge is 0.468 e. The van der Waals surface area contributed by atoms with E-state index in [0.717, 1.165) is 0 Å². The molecular formula is C11H13ClN2O3. The molecule has 0 saturated carbocycles. The first-order chi connectivity index (χ1) is 8.08. The minimum Gasteiger partial charge on any atom is -0.468 e. The molecule has 0 aromatic heterocycles. The van der Waals surface area contributed by atoms with Crippen LogP contribution in [0.15, 0.2) is 24.3 Å². The first-order valence-corrected chi connectivity index (χ1v) is 5.29. The highest BCUT2D eigenvalue weighted by Crippen LogP contribution is 2.19. The molecule has 0 atom stereocenters. The number of nitrogens with zero attached hydrogens (tertiary/aromatic N) is 1. The molecule has 5 nitrogen and oxygen atoms in total. The molecule has 0 aliphatic rings. The molecule has 1 aromatic rings. The van der Waals surface area contributed by atoms with Gasteiger partial charge in [-0.15, -0.1) is 0 Å². The molecule has 0 fully saturated rings. The Balaban J connectivity index is 2.97. The molecular weight excluding hydrogens is 244 g/mol. The van der Waals surface area contributed by atoms with Gasteiger partial charge in [0.05, 0.1) is 13.7 Å². The maximum Gasteiger partial charge on any atom is 0.325 e. The first kappa shape index (κ1) is 13.5. The van der Waals surface area contributed by atoms with Crippen molar-refractivity contribution >= 4 is 29.2 Å². The predicted molar refractivity (Wildman–Crippen MR) is 64.9 cm³/mol. The number of methoxy groups -OCH3 is 1. The fourth-order valence-electron chi connectivity index (χ4n) is 1.27. The standard InChI is InChI=1S/C11H13ClN2O3/c1-17-11(16)7-14(10(15)6-13)9-4-2-3-8(12)5-9/h2-5H,6-7,13H2,1H3. The molecule has 2 N–H and O–H groups in total. The topological polar surface area (TPSA) is 72.6 Å². The maximum absolute atomic E-state index is 11.6. The van der Waals surface area contributed by atoms with Crippen LogP contribution in [0.25, 0.3) is 0 Å². The van der Waals surface area contributed by atoms with Crippen LogP contribution in [0.3, 0.4) is 0 Å². The van der Waals surface area contributed by atoms with E-state index < -0.39 is 5.97 Å². The van der Waals surface area contributed by atoms with Crippen LogP contribution in [-0.2, 0) is 14.3 Å². The number of ether oxygens (including phenoxy) is 1. The van der Waals surface area contributed by atoms with Crippen molar-refractivity contribution < 1.29 is 14.3 Å². The third kappa shape index (κ3) is 3.72. The van der Waals surface area contributed by atoms with Gasteiger partial charge in [-0.1, -0.05) is 17.7 Å². The van der Waals surface area contributed by atoms with Crippen molar-refractivity contribution in [2.24, 2.45) is 5.73 Å². The molecule has 1 amide bonds. The lowest BCUT2D eigenvalue weighted by Crippen LogP contribution is -2.40. The number of esters is 1. The van der Waals surface area contributed by atoms with E-state index in [-0.39, 0.29) is 19.0 Å². The number of amides is 1. The predicted octanol–water partition coefficient (Wildman–Crippen LogP) is 0.805. The Morgan fingerprint density at radius 3 is 2.71 bits per heavy atom. The van der Waals surface area contributed by atoms with Gasteiger partial charge in [0.1, 0.15) is 6.54 Å². The van der Waals surface area contributed by atoms with Crippen LogP contribution < -0.4 is 10.6 Å². The fraction of sp³-hybridized carbons (Fsp3) is 0.273. The Morgan fingerprint density at radius 1 is 1.47 bits per heavy atom. The van der Waals surface area contributed by atoms with Gasteiger partial charge in [0.25, 0.3) is 0 Å². The van der Waals surface area contributed by atoms with Crippen LogP contribution in [0.4, 0.5) is 5.69 Å². The molecule has 0 radical (unpaired) electrons. The lowest BCUT2D eigenvalue weighted by molar-refractivity contribution is -0.139. The van der Waals surface area contributed by atoms with Crippen molar-refractivity contribution in [3.05, 3.63) is 29.3 Å². The van der Waals surface area contributed by atoms with Gasteiger partial charge in [-0.3, -0.25) is 9.59 Å². The second-order valence-electron chi connectivity index (χ2n) is 3.24. The summed E-state index contributed by atoms with van der Waals surface area (Å²) in [5, 5.41) is 0.474. The Morgan fingerprint density at radius 2 is 2.18 bits per heavy atom. The number of benzene rings is 1. The molecule has 6 heteroatoms. The zero-order chi connectivity index (χ0) is 12.8. The average Bonchev–Trinajstić information content (AvgIpc) is 2.34. The monoisotopic (exact) mass is 256 g/mol. The van der Waals surface area contributed by atoms with Gasteiger partial charge < -0.3 is 15.4 Å². The van der Waals surface area contributed by atoms with E-state index >= 15 is 0 Å². The highest BCUT2D eigenvalue weighted by molar-refractivity contribution is 6.30. The summed E-state index contributed by atoms with van der Waals surface area (Å²) < 4.78 is 4.52. The second-order valence-corrected chi connectivity index (χ2v) is 3.68. The molecule has 0 heterocycles. The highest BCUT2D eigenvalue weighted by Gasteiger charge is 2.18. The van der Waals surface area contributed by atoms with Gasteiger partial charge in [-0.2, -0.15) is 0 Å². The van der Waals surface area contributed by atoms with Crippen LogP contribution in [0.2, 0.25) is 5.02 Å². The number of anilines is 1. The first-order valence-electron chi connectivity index (χ1n) is 4.91. The quantitative estimate of drug-likeness (QED) is 0.809. The Labute approximate surface area is 104 Å². The van der Waals surface area contributed by atoms with Crippen LogP contribution in [0.1, 0.15) is 0 Å². The van der Waals surface area contributed by atoms with Crippen molar-refractivity contribution in [1.82, 2.24) is 0 Å². The van der Waals surface area contributed by atoms with E-state index in [4.69, 9.17) is 17.3 Å². The molecule has 17 heavy (non-hydrogen) atoms. The summed E-state index contributed by atoms with van der Waals surface area (Å²) in [7, 11) is 1.26. The summed E-state index contributed by atoms with van der Waals surface area (Å²) in [6.45, 7) is -0.379.